The van der Waals surface area contributed by atoms with Crippen molar-refractivity contribution in [3.8, 4) is 0 Å². The predicted molar refractivity (Wildman–Crippen MR) is 170 cm³/mol. The van der Waals surface area contributed by atoms with E-state index in [0.717, 1.165) is 50.9 Å². The van der Waals surface area contributed by atoms with Crippen LogP contribution in [0.15, 0.2) is 0 Å². The first-order chi connectivity index (χ1) is 19.8. The molecule has 0 aromatic rings. The number of rotatable bonds is 17. The van der Waals surface area contributed by atoms with Crippen LogP contribution in [0.5, 0.6) is 0 Å². The highest BCUT2D eigenvalue weighted by Gasteiger charge is 2.66. The minimum Gasteiger partial charge on any atom is -0.378 e. The van der Waals surface area contributed by atoms with Crippen LogP contribution in [0, 0.1) is 46.3 Å². The third-order valence-electron chi connectivity index (χ3n) is 12.8. The Bertz CT molecular complexity index is 769. The lowest BCUT2D eigenvalue weighted by Crippen LogP contribution is -2.63. The quantitative estimate of drug-likeness (QED) is 0.176. The van der Waals surface area contributed by atoms with Crippen LogP contribution in [0.3, 0.4) is 0 Å². The lowest BCUT2D eigenvalue weighted by atomic mass is 9.43. The molecule has 240 valence electrons. The van der Waals surface area contributed by atoms with Gasteiger partial charge in [-0.05, 0) is 125 Å². The van der Waals surface area contributed by atoms with E-state index in [9.17, 15) is 0 Å². The molecule has 8 unspecified atom stereocenters. The minimum atomic E-state index is 0.211. The lowest BCUT2D eigenvalue weighted by molar-refractivity contribution is -0.227. The topological polar surface area (TPSA) is 106 Å². The van der Waals surface area contributed by atoms with Gasteiger partial charge in [0.1, 0.15) is 0 Å². The molecule has 4 aliphatic carbocycles. The van der Waals surface area contributed by atoms with Gasteiger partial charge < -0.3 is 31.4 Å². The van der Waals surface area contributed by atoms with Gasteiger partial charge in [-0.3, -0.25) is 0 Å². The molecule has 4 aliphatic rings. The van der Waals surface area contributed by atoms with Crippen molar-refractivity contribution < 1.29 is 14.2 Å². The number of hydrogen-bond donors (Lipinski definition) is 3. The summed E-state index contributed by atoms with van der Waals surface area (Å²) in [6, 6.07) is 0. The molecule has 0 saturated heterocycles. The van der Waals surface area contributed by atoms with E-state index in [1.165, 1.54) is 70.6 Å². The number of hydrogen-bond acceptors (Lipinski definition) is 6. The summed E-state index contributed by atoms with van der Waals surface area (Å²) in [5.74, 6) is 4.05. The van der Waals surface area contributed by atoms with E-state index >= 15 is 0 Å². The first kappa shape index (κ1) is 33.6. The summed E-state index contributed by atoms with van der Waals surface area (Å²) in [6.07, 6.45) is 17.9. The molecular formula is C35H67N3O3. The Morgan fingerprint density at radius 1 is 0.756 bits per heavy atom. The van der Waals surface area contributed by atoms with Gasteiger partial charge in [-0.15, -0.1) is 0 Å². The van der Waals surface area contributed by atoms with Crippen molar-refractivity contribution in [1.29, 1.82) is 0 Å². The predicted octanol–water partition coefficient (Wildman–Crippen LogP) is 6.28. The fraction of sp³-hybridized carbons (Fsp3) is 1.00. The van der Waals surface area contributed by atoms with Crippen molar-refractivity contribution in [3.63, 3.8) is 0 Å². The Hall–Kier alpha value is -0.240. The Morgan fingerprint density at radius 3 is 2.12 bits per heavy atom. The van der Waals surface area contributed by atoms with E-state index < -0.39 is 0 Å². The molecule has 0 amide bonds. The first-order valence-corrected chi connectivity index (χ1v) is 17.8. The summed E-state index contributed by atoms with van der Waals surface area (Å²) in [4.78, 5) is 0. The maximum atomic E-state index is 6.97. The molecule has 0 aliphatic heterocycles. The zero-order valence-electron chi connectivity index (χ0n) is 27.3. The summed E-state index contributed by atoms with van der Waals surface area (Å²) in [6.45, 7) is 14.7. The van der Waals surface area contributed by atoms with Crippen LogP contribution in [0.1, 0.15) is 118 Å². The van der Waals surface area contributed by atoms with Crippen LogP contribution in [-0.2, 0) is 14.2 Å². The molecule has 0 spiro atoms. The van der Waals surface area contributed by atoms with Crippen molar-refractivity contribution in [2.45, 2.75) is 136 Å². The van der Waals surface area contributed by atoms with E-state index in [1.807, 2.05) is 0 Å². The van der Waals surface area contributed by atoms with E-state index in [2.05, 4.69) is 27.7 Å². The molecule has 0 bridgehead atoms. The second-order valence-electron chi connectivity index (χ2n) is 14.9. The van der Waals surface area contributed by atoms with Gasteiger partial charge in [-0.1, -0.05) is 53.4 Å². The SMILES string of the molecule is CCCCCC(C)C1CCC2C3C(C[C@H](OCCCN)C12C)C1(C)CC[C@@H](OCCCN)CC1C[C@H]3OCCCN. The fourth-order valence-corrected chi connectivity index (χ4v) is 10.5. The van der Waals surface area contributed by atoms with Gasteiger partial charge in [-0.2, -0.15) is 0 Å². The van der Waals surface area contributed by atoms with Crippen LogP contribution >= 0.6 is 0 Å². The van der Waals surface area contributed by atoms with Gasteiger partial charge in [0.05, 0.1) is 18.3 Å². The maximum absolute atomic E-state index is 6.97. The Labute approximate surface area is 252 Å². The smallest absolute Gasteiger partial charge is 0.0637 e. The van der Waals surface area contributed by atoms with Crippen molar-refractivity contribution in [3.05, 3.63) is 0 Å². The summed E-state index contributed by atoms with van der Waals surface area (Å²) in [5.41, 5.74) is 18.2. The van der Waals surface area contributed by atoms with Crippen LogP contribution < -0.4 is 17.2 Å². The van der Waals surface area contributed by atoms with Crippen molar-refractivity contribution in [2.24, 2.45) is 63.5 Å². The molecule has 41 heavy (non-hydrogen) atoms. The third kappa shape index (κ3) is 7.20. The van der Waals surface area contributed by atoms with Crippen molar-refractivity contribution in [1.82, 2.24) is 0 Å². The van der Waals surface area contributed by atoms with Crippen LogP contribution in [0.25, 0.3) is 0 Å². The highest BCUT2D eigenvalue weighted by molar-refractivity contribution is 5.15. The molecule has 4 rings (SSSR count). The van der Waals surface area contributed by atoms with Crippen LogP contribution in [0.4, 0.5) is 0 Å². The van der Waals surface area contributed by atoms with Gasteiger partial charge >= 0.3 is 0 Å². The van der Waals surface area contributed by atoms with Crippen molar-refractivity contribution in [2.75, 3.05) is 39.5 Å². The number of ether oxygens (including phenoxy) is 3. The highest BCUT2D eigenvalue weighted by Crippen LogP contribution is 2.69. The fourth-order valence-electron chi connectivity index (χ4n) is 10.5. The number of nitrogens with two attached hydrogens (primary N) is 3. The van der Waals surface area contributed by atoms with E-state index in [1.54, 1.807) is 0 Å². The second-order valence-corrected chi connectivity index (χ2v) is 14.9. The monoisotopic (exact) mass is 578 g/mol. The van der Waals surface area contributed by atoms with Gasteiger partial charge in [0.25, 0.3) is 0 Å². The third-order valence-corrected chi connectivity index (χ3v) is 12.8. The van der Waals surface area contributed by atoms with Gasteiger partial charge in [-0.25, -0.2) is 0 Å². The molecule has 0 radical (unpaired) electrons. The van der Waals surface area contributed by atoms with E-state index in [0.29, 0.717) is 67.0 Å². The normalized spacial score (nSPS) is 41.0. The Kier molecular flexibility index (Phi) is 12.9. The average molecular weight is 578 g/mol. The average Bonchev–Trinajstić information content (AvgIpc) is 3.32. The number of fused-ring (bicyclic) bond motifs is 5. The minimum absolute atomic E-state index is 0.211. The summed E-state index contributed by atoms with van der Waals surface area (Å²) in [5, 5.41) is 0. The lowest BCUT2D eigenvalue weighted by Gasteiger charge is -2.65. The van der Waals surface area contributed by atoms with Gasteiger partial charge in [0, 0.05) is 25.2 Å². The molecule has 4 fully saturated rings. The number of unbranched alkanes of at least 4 members (excludes halogenated alkanes) is 2. The molecule has 4 saturated carbocycles. The molecule has 6 N–H and O–H groups in total. The zero-order chi connectivity index (χ0) is 29.5. The molecule has 0 aromatic carbocycles. The highest BCUT2D eigenvalue weighted by atomic mass is 16.5. The standard InChI is InChI=1S/C35H67N3O3/c1-5-6-7-11-25(2)28-12-13-29-33-30(24-32(35(28,29)4)41-21-10-18-38)34(3)15-14-27(39-19-8-16-36)22-26(34)23-31(33)40-20-9-17-37/h25-33H,5-24,36-38H2,1-4H3/t25?,26?,27-,28?,29?,30?,31-,32+,33?,34?,35?/m1/s1. The zero-order valence-corrected chi connectivity index (χ0v) is 27.3. The van der Waals surface area contributed by atoms with E-state index in [4.69, 9.17) is 31.4 Å². The van der Waals surface area contributed by atoms with Crippen LogP contribution in [-0.4, -0.2) is 57.8 Å². The first-order valence-electron chi connectivity index (χ1n) is 17.8. The second kappa shape index (κ2) is 15.7. The van der Waals surface area contributed by atoms with Gasteiger partial charge in [0.15, 0.2) is 0 Å². The molecule has 0 aromatic heterocycles. The Morgan fingerprint density at radius 2 is 1.44 bits per heavy atom. The summed E-state index contributed by atoms with van der Waals surface area (Å²) < 4.78 is 20.2. The Balaban J connectivity index is 1.63. The van der Waals surface area contributed by atoms with E-state index in [-0.39, 0.29) is 5.41 Å². The summed E-state index contributed by atoms with van der Waals surface area (Å²) >= 11 is 0. The van der Waals surface area contributed by atoms with Crippen LogP contribution in [0.2, 0.25) is 0 Å². The maximum Gasteiger partial charge on any atom is 0.0637 e. The van der Waals surface area contributed by atoms with Crippen molar-refractivity contribution >= 4 is 0 Å². The largest absolute Gasteiger partial charge is 0.378 e. The molecular weight excluding hydrogens is 510 g/mol. The molecule has 6 nitrogen and oxygen atoms in total. The molecule has 6 heteroatoms. The summed E-state index contributed by atoms with van der Waals surface area (Å²) in [7, 11) is 0. The molecule has 0 heterocycles. The van der Waals surface area contributed by atoms with Gasteiger partial charge in [0.2, 0.25) is 0 Å². The molecule has 11 atom stereocenters.